The van der Waals surface area contributed by atoms with Crippen molar-refractivity contribution < 1.29 is 13.5 Å². The molecule has 3 heterocycles. The van der Waals surface area contributed by atoms with Gasteiger partial charge < -0.3 is 15.4 Å². The van der Waals surface area contributed by atoms with E-state index in [4.69, 9.17) is 22.1 Å². The first-order chi connectivity index (χ1) is 16.4. The fourth-order valence-electron chi connectivity index (χ4n) is 4.21. The van der Waals surface area contributed by atoms with Crippen molar-refractivity contribution in [3.63, 3.8) is 0 Å². The largest absolute Gasteiger partial charge is 0.389 e. The summed E-state index contributed by atoms with van der Waals surface area (Å²) in [7, 11) is 0. The molecule has 6 nitrogen and oxygen atoms in total. The number of halogens is 3. The molecule has 2 aromatic carbocycles. The minimum absolute atomic E-state index is 0.0457. The molecule has 1 saturated heterocycles. The van der Waals surface area contributed by atoms with Crippen molar-refractivity contribution in [2.75, 3.05) is 43.2 Å². The predicted molar refractivity (Wildman–Crippen MR) is 134 cm³/mol. The number of thiophene rings is 1. The number of benzene rings is 2. The summed E-state index contributed by atoms with van der Waals surface area (Å²) in [4.78, 5) is 11.1. The first-order valence-corrected chi connectivity index (χ1v) is 12.8. The fourth-order valence-corrected chi connectivity index (χ4v) is 5.81. The second-order valence-corrected chi connectivity index (χ2v) is 9.92. The van der Waals surface area contributed by atoms with Crippen molar-refractivity contribution in [3.8, 4) is 17.2 Å². The van der Waals surface area contributed by atoms with Crippen LogP contribution in [0.1, 0.15) is 12.0 Å². The maximum absolute atomic E-state index is 16.2. The van der Waals surface area contributed by atoms with Crippen LogP contribution in [0.2, 0.25) is 5.02 Å². The lowest BCUT2D eigenvalue weighted by Crippen LogP contribution is -2.27. The molecule has 0 unspecified atom stereocenters. The van der Waals surface area contributed by atoms with Gasteiger partial charge in [-0.3, -0.25) is 0 Å². The van der Waals surface area contributed by atoms with E-state index in [1.807, 2.05) is 12.3 Å². The van der Waals surface area contributed by atoms with Gasteiger partial charge in [-0.2, -0.15) is 5.26 Å². The van der Waals surface area contributed by atoms with Crippen molar-refractivity contribution in [1.82, 2.24) is 9.97 Å². The highest BCUT2D eigenvalue weighted by Crippen LogP contribution is 2.45. The van der Waals surface area contributed by atoms with Gasteiger partial charge in [0.1, 0.15) is 28.2 Å². The van der Waals surface area contributed by atoms with E-state index in [0.717, 1.165) is 17.8 Å². The molecule has 174 valence electrons. The Kier molecular flexibility index (Phi) is 6.20. The second-order valence-electron chi connectivity index (χ2n) is 7.68. The van der Waals surface area contributed by atoms with Crippen LogP contribution in [-0.4, -0.2) is 42.5 Å². The van der Waals surface area contributed by atoms with Crippen molar-refractivity contribution >= 4 is 66.5 Å². The smallest absolute Gasteiger partial charge is 0.189 e. The maximum atomic E-state index is 16.2. The third kappa shape index (κ3) is 3.73. The van der Waals surface area contributed by atoms with Gasteiger partial charge in [0.25, 0.3) is 0 Å². The van der Waals surface area contributed by atoms with Gasteiger partial charge in [-0.1, -0.05) is 29.4 Å². The SMILES string of the molecule is CSc1nc(N2CCCOCC2)c2cc(Cl)c(-c3ccc(F)c4sc(N)c(C#N)c34)c(F)c2n1. The lowest BCUT2D eigenvalue weighted by molar-refractivity contribution is 0.152. The number of ether oxygens (including phenoxy) is 1. The van der Waals surface area contributed by atoms with Crippen LogP contribution in [0.15, 0.2) is 23.4 Å². The molecule has 1 fully saturated rings. The third-order valence-electron chi connectivity index (χ3n) is 5.75. The molecule has 2 aromatic heterocycles. The van der Waals surface area contributed by atoms with Crippen LogP contribution in [0, 0.1) is 23.0 Å². The highest BCUT2D eigenvalue weighted by atomic mass is 35.5. The molecule has 5 rings (SSSR count). The number of fused-ring (bicyclic) bond motifs is 2. The summed E-state index contributed by atoms with van der Waals surface area (Å²) in [5.74, 6) is -0.602. The van der Waals surface area contributed by atoms with Crippen LogP contribution in [0.3, 0.4) is 0 Å². The number of nitriles is 1. The quantitative estimate of drug-likeness (QED) is 0.269. The summed E-state index contributed by atoms with van der Waals surface area (Å²) in [5, 5.41) is 11.1. The molecular formula is C23H18ClF2N5OS2. The Morgan fingerprint density at radius 1 is 1.26 bits per heavy atom. The van der Waals surface area contributed by atoms with E-state index in [2.05, 4.69) is 14.9 Å². The number of anilines is 2. The maximum Gasteiger partial charge on any atom is 0.189 e. The van der Waals surface area contributed by atoms with Crippen molar-refractivity contribution in [2.24, 2.45) is 0 Å². The number of nitrogens with zero attached hydrogens (tertiary/aromatic N) is 4. The monoisotopic (exact) mass is 517 g/mol. The Balaban J connectivity index is 1.82. The molecule has 0 bridgehead atoms. The zero-order chi connectivity index (χ0) is 24.0. The molecule has 0 aliphatic carbocycles. The number of nitrogens with two attached hydrogens (primary N) is 1. The minimum Gasteiger partial charge on any atom is -0.389 e. The van der Waals surface area contributed by atoms with Crippen LogP contribution in [0.4, 0.5) is 19.6 Å². The predicted octanol–water partition coefficient (Wildman–Crippen LogP) is 5.85. The van der Waals surface area contributed by atoms with E-state index < -0.39 is 11.6 Å². The molecule has 0 atom stereocenters. The fraction of sp³-hybridized carbons (Fsp3) is 0.261. The van der Waals surface area contributed by atoms with Gasteiger partial charge in [0, 0.05) is 36.0 Å². The first kappa shape index (κ1) is 23.1. The van der Waals surface area contributed by atoms with Gasteiger partial charge in [-0.15, -0.1) is 11.3 Å². The molecule has 0 amide bonds. The first-order valence-electron chi connectivity index (χ1n) is 10.4. The zero-order valence-corrected chi connectivity index (χ0v) is 20.4. The van der Waals surface area contributed by atoms with E-state index in [-0.39, 0.29) is 36.8 Å². The van der Waals surface area contributed by atoms with E-state index in [9.17, 15) is 9.65 Å². The molecule has 0 saturated carbocycles. The lowest BCUT2D eigenvalue weighted by atomic mass is 9.97. The minimum atomic E-state index is -0.658. The zero-order valence-electron chi connectivity index (χ0n) is 18.0. The summed E-state index contributed by atoms with van der Waals surface area (Å²) >= 11 is 8.91. The molecule has 11 heteroatoms. The number of rotatable bonds is 3. The Morgan fingerprint density at radius 2 is 2.09 bits per heavy atom. The number of hydrogen-bond acceptors (Lipinski definition) is 8. The summed E-state index contributed by atoms with van der Waals surface area (Å²) in [6.07, 6.45) is 2.64. The van der Waals surface area contributed by atoms with E-state index in [1.165, 1.54) is 23.9 Å². The molecule has 2 N–H and O–H groups in total. The third-order valence-corrected chi connectivity index (χ3v) is 7.62. The second kappa shape index (κ2) is 9.15. The standard InChI is InChI=1S/C23H18ClF2N5OS2/c1-33-23-29-19-12(22(30-23)31-5-2-7-32-8-6-31)9-14(24)17(18(19)26)11-3-4-15(25)20-16(11)13(10-27)21(28)34-20/h3-4,9H,2,5-8,28H2,1H3. The molecule has 34 heavy (non-hydrogen) atoms. The Morgan fingerprint density at radius 3 is 2.85 bits per heavy atom. The molecular weight excluding hydrogens is 500 g/mol. The van der Waals surface area contributed by atoms with Crippen molar-refractivity contribution in [2.45, 2.75) is 11.6 Å². The summed E-state index contributed by atoms with van der Waals surface area (Å²) in [5.41, 5.74) is 6.51. The highest BCUT2D eigenvalue weighted by molar-refractivity contribution is 7.98. The molecule has 0 spiro atoms. The lowest BCUT2D eigenvalue weighted by Gasteiger charge is -2.23. The number of thioether (sulfide) groups is 1. The topological polar surface area (TPSA) is 88.1 Å². The Hall–Kier alpha value is -2.71. The van der Waals surface area contributed by atoms with E-state index in [1.54, 1.807) is 6.07 Å². The van der Waals surface area contributed by atoms with Gasteiger partial charge in [0.15, 0.2) is 11.0 Å². The molecule has 4 aromatic rings. The summed E-state index contributed by atoms with van der Waals surface area (Å²) in [6.45, 7) is 2.51. The number of hydrogen-bond donors (Lipinski definition) is 1. The van der Waals surface area contributed by atoms with Gasteiger partial charge >= 0.3 is 0 Å². The van der Waals surface area contributed by atoms with Gasteiger partial charge in [0.2, 0.25) is 0 Å². The average Bonchev–Trinajstić information content (AvgIpc) is 2.98. The van der Waals surface area contributed by atoms with Crippen molar-refractivity contribution in [1.29, 1.82) is 5.26 Å². The van der Waals surface area contributed by atoms with Crippen molar-refractivity contribution in [3.05, 3.63) is 40.4 Å². The van der Waals surface area contributed by atoms with Gasteiger partial charge in [0.05, 0.1) is 21.9 Å². The highest BCUT2D eigenvalue weighted by Gasteiger charge is 2.26. The Bertz CT molecular complexity index is 1480. The normalized spacial score (nSPS) is 14.5. The molecule has 1 aliphatic rings. The van der Waals surface area contributed by atoms with Gasteiger partial charge in [-0.05, 0) is 30.4 Å². The number of nitrogen functional groups attached to an aromatic ring is 1. The summed E-state index contributed by atoms with van der Waals surface area (Å²) in [6, 6.07) is 6.30. The van der Waals surface area contributed by atoms with Gasteiger partial charge in [-0.25, -0.2) is 18.7 Å². The van der Waals surface area contributed by atoms with Crippen LogP contribution >= 0.6 is 34.7 Å². The van der Waals surface area contributed by atoms with E-state index >= 15 is 4.39 Å². The Labute approximate surface area is 207 Å². The number of aromatic nitrogens is 2. The van der Waals surface area contributed by atoms with Crippen LogP contribution < -0.4 is 10.6 Å². The van der Waals surface area contributed by atoms with E-state index in [0.29, 0.717) is 48.2 Å². The van der Waals surface area contributed by atoms with Crippen LogP contribution in [-0.2, 0) is 4.74 Å². The molecule has 1 aliphatic heterocycles. The average molecular weight is 518 g/mol. The van der Waals surface area contributed by atoms with Crippen LogP contribution in [0.25, 0.3) is 32.1 Å². The summed E-state index contributed by atoms with van der Waals surface area (Å²) < 4.78 is 36.5. The molecule has 0 radical (unpaired) electrons. The van der Waals surface area contributed by atoms with Crippen LogP contribution in [0.5, 0.6) is 0 Å².